The fourth-order valence-electron chi connectivity index (χ4n) is 4.48. The molecule has 0 saturated carbocycles. The van der Waals surface area contributed by atoms with Crippen LogP contribution in [0.3, 0.4) is 0 Å². The molecule has 0 bridgehead atoms. The van der Waals surface area contributed by atoms with Gasteiger partial charge in [0.2, 0.25) is 0 Å². The van der Waals surface area contributed by atoms with Crippen LogP contribution in [-0.2, 0) is 4.74 Å². The largest absolute Gasteiger partial charge is 0.379 e. The molecule has 1 aromatic carbocycles. The van der Waals surface area contributed by atoms with E-state index < -0.39 is 6.17 Å². The molecule has 8 nitrogen and oxygen atoms in total. The third-order valence-electron chi connectivity index (χ3n) is 6.18. The second kappa shape index (κ2) is 9.40. The maximum absolute atomic E-state index is 14.4. The molecule has 3 aromatic rings. The number of amides is 1. The number of imidazole rings is 1. The highest BCUT2D eigenvalue weighted by Gasteiger charge is 2.34. The highest BCUT2D eigenvalue weighted by atomic mass is 19.1. The minimum absolute atomic E-state index is 0.148. The summed E-state index contributed by atoms with van der Waals surface area (Å²) in [6.45, 7) is 4.52. The van der Waals surface area contributed by atoms with E-state index in [1.54, 1.807) is 24.3 Å². The minimum atomic E-state index is -1.05. The zero-order valence-electron chi connectivity index (χ0n) is 18.2. The number of halogens is 2. The summed E-state index contributed by atoms with van der Waals surface area (Å²) in [5, 5.41) is 7.52. The Morgan fingerprint density at radius 2 is 2.06 bits per heavy atom. The van der Waals surface area contributed by atoms with Gasteiger partial charge in [-0.05, 0) is 29.8 Å². The van der Waals surface area contributed by atoms with Crippen molar-refractivity contribution in [2.75, 3.05) is 50.8 Å². The number of benzene rings is 1. The zero-order chi connectivity index (χ0) is 22.8. The summed E-state index contributed by atoms with van der Waals surface area (Å²) in [4.78, 5) is 21.1. The molecule has 2 aliphatic heterocycles. The number of hydrogen-bond donors (Lipinski definition) is 1. The first-order valence-electron chi connectivity index (χ1n) is 11.2. The summed E-state index contributed by atoms with van der Waals surface area (Å²) in [6, 6.07) is 9.39. The lowest BCUT2D eigenvalue weighted by molar-refractivity contribution is 0.0383. The van der Waals surface area contributed by atoms with Gasteiger partial charge in [-0.15, -0.1) is 5.10 Å². The summed E-state index contributed by atoms with van der Waals surface area (Å²) in [5.74, 6) is -0.118. The van der Waals surface area contributed by atoms with Crippen LogP contribution >= 0.6 is 0 Å². The molecule has 2 atom stereocenters. The van der Waals surface area contributed by atoms with Crippen molar-refractivity contribution in [1.82, 2.24) is 24.8 Å². The predicted molar refractivity (Wildman–Crippen MR) is 119 cm³/mol. The number of carbonyl (C=O) groups excluding carboxylic acids is 1. The van der Waals surface area contributed by atoms with Gasteiger partial charge in [-0.3, -0.25) is 9.69 Å². The lowest BCUT2D eigenvalue weighted by atomic mass is 10.0. The average molecular weight is 456 g/mol. The van der Waals surface area contributed by atoms with Gasteiger partial charge in [0.05, 0.1) is 32.0 Å². The van der Waals surface area contributed by atoms with Crippen molar-refractivity contribution >= 4 is 17.4 Å². The first-order valence-corrected chi connectivity index (χ1v) is 11.2. The number of alkyl halides is 1. The summed E-state index contributed by atoms with van der Waals surface area (Å²) >= 11 is 0. The predicted octanol–water partition coefficient (Wildman–Crippen LogP) is 2.22. The van der Waals surface area contributed by atoms with Gasteiger partial charge in [0, 0.05) is 32.6 Å². The van der Waals surface area contributed by atoms with E-state index in [9.17, 15) is 13.6 Å². The molecule has 5 rings (SSSR count). The number of aromatic nitrogens is 3. The van der Waals surface area contributed by atoms with Crippen LogP contribution in [0.2, 0.25) is 0 Å². The van der Waals surface area contributed by atoms with E-state index in [1.165, 1.54) is 22.8 Å². The van der Waals surface area contributed by atoms with Crippen LogP contribution in [0.4, 0.5) is 14.6 Å². The molecule has 0 spiro atoms. The van der Waals surface area contributed by atoms with Crippen LogP contribution in [0.15, 0.2) is 42.6 Å². The maximum atomic E-state index is 14.4. The molecule has 1 amide bonds. The number of ether oxygens (including phenoxy) is 1. The van der Waals surface area contributed by atoms with Crippen molar-refractivity contribution in [3.8, 4) is 0 Å². The summed E-state index contributed by atoms with van der Waals surface area (Å²) in [7, 11) is 0. The third-order valence-corrected chi connectivity index (χ3v) is 6.18. The molecule has 4 heterocycles. The Balaban J connectivity index is 1.34. The highest BCUT2D eigenvalue weighted by Crippen LogP contribution is 2.36. The van der Waals surface area contributed by atoms with Crippen molar-refractivity contribution in [1.29, 1.82) is 0 Å². The minimum Gasteiger partial charge on any atom is -0.379 e. The lowest BCUT2D eigenvalue weighted by Crippen LogP contribution is -2.41. The summed E-state index contributed by atoms with van der Waals surface area (Å²) in [6.07, 6.45) is 0.686. The van der Waals surface area contributed by atoms with E-state index >= 15 is 0 Å². The van der Waals surface area contributed by atoms with E-state index in [0.717, 1.165) is 19.6 Å². The van der Waals surface area contributed by atoms with Gasteiger partial charge in [-0.2, -0.15) is 0 Å². The maximum Gasteiger partial charge on any atom is 0.271 e. The molecule has 10 heteroatoms. The van der Waals surface area contributed by atoms with E-state index in [0.29, 0.717) is 42.5 Å². The molecule has 2 fully saturated rings. The zero-order valence-corrected chi connectivity index (χ0v) is 18.2. The lowest BCUT2D eigenvalue weighted by Gasteiger charge is -2.26. The van der Waals surface area contributed by atoms with E-state index in [4.69, 9.17) is 4.74 Å². The topological polar surface area (TPSA) is 75.0 Å². The van der Waals surface area contributed by atoms with E-state index in [-0.39, 0.29) is 30.7 Å². The Morgan fingerprint density at radius 1 is 1.21 bits per heavy atom. The van der Waals surface area contributed by atoms with Crippen molar-refractivity contribution in [3.63, 3.8) is 0 Å². The number of morpholine rings is 1. The number of carbonyl (C=O) groups is 1. The second-order valence-corrected chi connectivity index (χ2v) is 8.37. The number of hydrogen-bond acceptors (Lipinski definition) is 6. The first kappa shape index (κ1) is 21.7. The highest BCUT2D eigenvalue weighted by molar-refractivity contribution is 5.93. The van der Waals surface area contributed by atoms with Crippen LogP contribution in [-0.4, -0.2) is 77.5 Å². The van der Waals surface area contributed by atoms with Crippen molar-refractivity contribution in [3.05, 3.63) is 59.7 Å². The van der Waals surface area contributed by atoms with Crippen molar-refractivity contribution < 1.29 is 18.3 Å². The fraction of sp³-hybridized carbons (Fsp3) is 0.435. The van der Waals surface area contributed by atoms with Gasteiger partial charge < -0.3 is 15.0 Å². The number of nitrogens with one attached hydrogen (secondary N) is 1. The molecule has 2 aromatic heterocycles. The van der Waals surface area contributed by atoms with Crippen molar-refractivity contribution in [2.24, 2.45) is 0 Å². The van der Waals surface area contributed by atoms with E-state index in [1.807, 2.05) is 4.90 Å². The Bertz CT molecular complexity index is 1130. The fourth-order valence-corrected chi connectivity index (χ4v) is 4.48. The average Bonchev–Trinajstić information content (AvgIpc) is 3.43. The van der Waals surface area contributed by atoms with Gasteiger partial charge in [0.15, 0.2) is 11.3 Å². The van der Waals surface area contributed by atoms with Crippen LogP contribution in [0.5, 0.6) is 0 Å². The molecule has 0 aliphatic carbocycles. The monoisotopic (exact) mass is 456 g/mol. The molecule has 2 unspecified atom stereocenters. The Morgan fingerprint density at radius 3 is 2.88 bits per heavy atom. The quantitative estimate of drug-likeness (QED) is 0.613. The van der Waals surface area contributed by atoms with Gasteiger partial charge in [0.1, 0.15) is 17.8 Å². The smallest absolute Gasteiger partial charge is 0.271 e. The molecule has 174 valence electrons. The molecule has 2 saturated heterocycles. The van der Waals surface area contributed by atoms with Crippen LogP contribution in [0.1, 0.15) is 28.5 Å². The van der Waals surface area contributed by atoms with E-state index in [2.05, 4.69) is 20.3 Å². The summed E-state index contributed by atoms with van der Waals surface area (Å²) < 4.78 is 35.0. The molecular weight excluding hydrogens is 430 g/mol. The third kappa shape index (κ3) is 4.67. The number of rotatable bonds is 6. The van der Waals surface area contributed by atoms with Crippen LogP contribution < -0.4 is 10.2 Å². The Kier molecular flexibility index (Phi) is 6.19. The molecule has 33 heavy (non-hydrogen) atoms. The number of anilines is 1. The van der Waals surface area contributed by atoms with Gasteiger partial charge >= 0.3 is 0 Å². The van der Waals surface area contributed by atoms with Gasteiger partial charge in [-0.25, -0.2) is 18.3 Å². The molecule has 0 radical (unpaired) electrons. The Hall–Kier alpha value is -3.11. The molecule has 1 N–H and O–H groups in total. The Labute approximate surface area is 190 Å². The normalized spacial score (nSPS) is 21.6. The first-order chi connectivity index (χ1) is 16.1. The van der Waals surface area contributed by atoms with Crippen LogP contribution in [0.25, 0.3) is 5.65 Å². The SMILES string of the molecule is O=C(NCCN1CCOCC1)c1cnc2ccc(N3CC(F)CC3c3cccc(F)c3)nn12. The second-order valence-electron chi connectivity index (χ2n) is 8.37. The summed E-state index contributed by atoms with van der Waals surface area (Å²) in [5.41, 5.74) is 1.53. The molecular formula is C23H26F2N6O2. The van der Waals surface area contributed by atoms with Crippen LogP contribution in [0, 0.1) is 5.82 Å². The van der Waals surface area contributed by atoms with Crippen molar-refractivity contribution in [2.45, 2.75) is 18.6 Å². The van der Waals surface area contributed by atoms with Gasteiger partial charge in [-0.1, -0.05) is 12.1 Å². The van der Waals surface area contributed by atoms with Gasteiger partial charge in [0.25, 0.3) is 5.91 Å². The molecule has 2 aliphatic rings. The standard InChI is InChI=1S/C23H26F2N6O2/c24-17-3-1-2-16(12-17)19-13-18(25)15-30(19)22-5-4-21-27-14-20(31(21)28-22)23(32)26-6-7-29-8-10-33-11-9-29/h1-5,12,14,18-19H,6-11,13,15H2,(H,26,32). The number of nitrogens with zero attached hydrogens (tertiary/aromatic N) is 5. The number of fused-ring (bicyclic) bond motifs is 1.